The third kappa shape index (κ3) is 6.13. The zero-order valence-electron chi connectivity index (χ0n) is 9.27. The van der Waals surface area contributed by atoms with Crippen LogP contribution >= 0.6 is 0 Å². The third-order valence-corrected chi connectivity index (χ3v) is 2.12. The molecule has 16 heavy (non-hydrogen) atoms. The monoisotopic (exact) mass is 231 g/mol. The minimum Gasteiger partial charge on any atom is -0.481 e. The molecule has 0 aromatic carbocycles. The van der Waals surface area contributed by atoms with Gasteiger partial charge in [-0.25, -0.2) is 0 Å². The fourth-order valence-electron chi connectivity index (χ4n) is 0.973. The van der Waals surface area contributed by atoms with Gasteiger partial charge in [0.25, 0.3) is 0 Å². The summed E-state index contributed by atoms with van der Waals surface area (Å²) in [6.45, 7) is 1.45. The van der Waals surface area contributed by atoms with Crippen LogP contribution in [0.2, 0.25) is 0 Å². The van der Waals surface area contributed by atoms with Gasteiger partial charge in [0.1, 0.15) is 12.4 Å². The molecule has 0 amide bonds. The summed E-state index contributed by atoms with van der Waals surface area (Å²) in [5, 5.41) is 8.68. The Labute approximate surface area is 93.8 Å². The van der Waals surface area contributed by atoms with Crippen LogP contribution in [0.4, 0.5) is 0 Å². The highest BCUT2D eigenvalue weighted by Gasteiger charge is 2.17. The average Bonchev–Trinajstić information content (AvgIpc) is 2.26. The number of hydrogen-bond acceptors (Lipinski definition) is 5. The number of rotatable bonds is 8. The molecule has 0 aromatic rings. The molecule has 0 aliphatic rings. The van der Waals surface area contributed by atoms with Crippen LogP contribution in [0.5, 0.6) is 0 Å². The van der Waals surface area contributed by atoms with Crippen LogP contribution in [-0.4, -0.2) is 36.0 Å². The Balaban J connectivity index is 3.80. The van der Waals surface area contributed by atoms with Gasteiger partial charge in [0, 0.05) is 6.42 Å². The summed E-state index contributed by atoms with van der Waals surface area (Å²) in [7, 11) is 0. The standard InChI is InChI=1S/C10H17NO5/c1-2-7(10(14)15)6-16-9(13)4-3-8(12)5-11/h7H,2-6,11H2,1H3,(H,14,15). The van der Waals surface area contributed by atoms with E-state index in [9.17, 15) is 14.4 Å². The topological polar surface area (TPSA) is 107 Å². The van der Waals surface area contributed by atoms with Gasteiger partial charge in [-0.2, -0.15) is 0 Å². The minimum atomic E-state index is -0.992. The van der Waals surface area contributed by atoms with E-state index < -0.39 is 17.9 Å². The van der Waals surface area contributed by atoms with Crippen molar-refractivity contribution in [3.63, 3.8) is 0 Å². The first-order valence-electron chi connectivity index (χ1n) is 5.11. The maximum absolute atomic E-state index is 11.1. The highest BCUT2D eigenvalue weighted by Crippen LogP contribution is 2.04. The van der Waals surface area contributed by atoms with E-state index >= 15 is 0 Å². The molecule has 6 nitrogen and oxygen atoms in total. The van der Waals surface area contributed by atoms with Gasteiger partial charge >= 0.3 is 11.9 Å². The lowest BCUT2D eigenvalue weighted by Gasteiger charge is -2.10. The normalized spacial score (nSPS) is 11.9. The molecule has 0 saturated heterocycles. The molecular formula is C10H17NO5. The number of ketones is 1. The van der Waals surface area contributed by atoms with Gasteiger partial charge in [0.15, 0.2) is 0 Å². The molecule has 0 rings (SSSR count). The predicted octanol–water partition coefficient (Wildman–Crippen LogP) is -0.0516. The molecule has 0 radical (unpaired) electrons. The molecule has 0 saturated carbocycles. The lowest BCUT2D eigenvalue weighted by atomic mass is 10.1. The van der Waals surface area contributed by atoms with Crippen LogP contribution in [0.15, 0.2) is 0 Å². The Hall–Kier alpha value is -1.43. The Morgan fingerprint density at radius 2 is 1.94 bits per heavy atom. The molecule has 92 valence electrons. The molecule has 0 aliphatic heterocycles. The van der Waals surface area contributed by atoms with Crippen LogP contribution in [0, 0.1) is 5.92 Å². The second-order valence-corrected chi connectivity index (χ2v) is 3.37. The third-order valence-electron chi connectivity index (χ3n) is 2.12. The SMILES string of the molecule is CCC(COC(=O)CCC(=O)CN)C(=O)O. The fourth-order valence-corrected chi connectivity index (χ4v) is 0.973. The van der Waals surface area contributed by atoms with Crippen LogP contribution in [-0.2, 0) is 19.1 Å². The maximum atomic E-state index is 11.1. The summed E-state index contributed by atoms with van der Waals surface area (Å²) in [5.74, 6) is -2.47. The molecule has 1 atom stereocenters. The van der Waals surface area contributed by atoms with Gasteiger partial charge < -0.3 is 15.6 Å². The van der Waals surface area contributed by atoms with Gasteiger partial charge in [-0.15, -0.1) is 0 Å². The van der Waals surface area contributed by atoms with E-state index in [1.165, 1.54) is 0 Å². The average molecular weight is 231 g/mol. The van der Waals surface area contributed by atoms with Gasteiger partial charge in [0.2, 0.25) is 0 Å². The number of ether oxygens (including phenoxy) is 1. The van der Waals surface area contributed by atoms with E-state index in [2.05, 4.69) is 0 Å². The zero-order chi connectivity index (χ0) is 12.6. The predicted molar refractivity (Wildman–Crippen MR) is 55.7 cm³/mol. The first-order valence-corrected chi connectivity index (χ1v) is 5.11. The number of carboxylic acid groups (broad SMARTS) is 1. The smallest absolute Gasteiger partial charge is 0.309 e. The van der Waals surface area contributed by atoms with Crippen LogP contribution in [0.3, 0.4) is 0 Å². The number of carbonyl (C=O) groups excluding carboxylic acids is 2. The van der Waals surface area contributed by atoms with Crippen LogP contribution in [0.1, 0.15) is 26.2 Å². The summed E-state index contributed by atoms with van der Waals surface area (Å²) >= 11 is 0. The van der Waals surface area contributed by atoms with Crippen molar-refractivity contribution in [1.82, 2.24) is 0 Å². The van der Waals surface area contributed by atoms with Crippen molar-refractivity contribution in [1.29, 1.82) is 0 Å². The number of esters is 1. The van der Waals surface area contributed by atoms with Crippen LogP contribution < -0.4 is 5.73 Å². The fraction of sp³-hybridized carbons (Fsp3) is 0.700. The van der Waals surface area contributed by atoms with Crippen molar-refractivity contribution in [2.24, 2.45) is 11.7 Å². The maximum Gasteiger partial charge on any atom is 0.309 e. The summed E-state index contributed by atoms with van der Waals surface area (Å²) in [6.07, 6.45) is 0.385. The van der Waals surface area contributed by atoms with E-state index in [4.69, 9.17) is 15.6 Å². The molecule has 0 aliphatic carbocycles. The first-order chi connectivity index (χ1) is 7.51. The Kier molecular flexibility index (Phi) is 7.11. The highest BCUT2D eigenvalue weighted by atomic mass is 16.5. The second-order valence-electron chi connectivity index (χ2n) is 3.37. The van der Waals surface area contributed by atoms with Crippen LogP contribution in [0.25, 0.3) is 0 Å². The summed E-state index contributed by atoms with van der Waals surface area (Å²) in [4.78, 5) is 32.5. The second kappa shape index (κ2) is 7.81. The Morgan fingerprint density at radius 3 is 2.38 bits per heavy atom. The number of Topliss-reactive ketones (excluding diaryl/α,β-unsaturated/α-hetero) is 1. The Bertz CT molecular complexity index is 264. The first kappa shape index (κ1) is 14.6. The van der Waals surface area contributed by atoms with Gasteiger partial charge in [-0.05, 0) is 6.42 Å². The number of carboxylic acids is 1. The van der Waals surface area contributed by atoms with Gasteiger partial charge in [-0.3, -0.25) is 14.4 Å². The molecule has 0 fully saturated rings. The van der Waals surface area contributed by atoms with E-state index in [-0.39, 0.29) is 31.8 Å². The summed E-state index contributed by atoms with van der Waals surface area (Å²) < 4.78 is 4.74. The van der Waals surface area contributed by atoms with E-state index in [1.54, 1.807) is 6.92 Å². The van der Waals surface area contributed by atoms with E-state index in [1.807, 2.05) is 0 Å². The summed E-state index contributed by atoms with van der Waals surface area (Å²) in [6, 6.07) is 0. The van der Waals surface area contributed by atoms with Crippen molar-refractivity contribution in [3.05, 3.63) is 0 Å². The van der Waals surface area contributed by atoms with Gasteiger partial charge in [-0.1, -0.05) is 6.92 Å². The summed E-state index contributed by atoms with van der Waals surface area (Å²) in [5.41, 5.74) is 5.06. The van der Waals surface area contributed by atoms with E-state index in [0.29, 0.717) is 6.42 Å². The molecule has 1 unspecified atom stereocenters. The number of hydrogen-bond donors (Lipinski definition) is 2. The number of aliphatic carboxylic acids is 1. The Morgan fingerprint density at radius 1 is 1.31 bits per heavy atom. The quantitative estimate of drug-likeness (QED) is 0.567. The van der Waals surface area contributed by atoms with Crippen molar-refractivity contribution in [2.45, 2.75) is 26.2 Å². The lowest BCUT2D eigenvalue weighted by Crippen LogP contribution is -2.22. The molecular weight excluding hydrogens is 214 g/mol. The highest BCUT2D eigenvalue weighted by molar-refractivity contribution is 5.84. The molecule has 0 heterocycles. The van der Waals surface area contributed by atoms with Crippen molar-refractivity contribution < 1.29 is 24.2 Å². The lowest BCUT2D eigenvalue weighted by molar-refractivity contribution is -0.151. The van der Waals surface area contributed by atoms with E-state index in [0.717, 1.165) is 0 Å². The molecule has 0 spiro atoms. The largest absolute Gasteiger partial charge is 0.481 e. The molecule has 0 aromatic heterocycles. The number of nitrogens with two attached hydrogens (primary N) is 1. The molecule has 6 heteroatoms. The van der Waals surface area contributed by atoms with Crippen molar-refractivity contribution in [3.8, 4) is 0 Å². The van der Waals surface area contributed by atoms with Crippen molar-refractivity contribution in [2.75, 3.05) is 13.2 Å². The number of carbonyl (C=O) groups is 3. The molecule has 3 N–H and O–H groups in total. The minimum absolute atomic E-state index is 0.0409. The van der Waals surface area contributed by atoms with Gasteiger partial charge in [0.05, 0.1) is 18.9 Å². The van der Waals surface area contributed by atoms with Crippen molar-refractivity contribution >= 4 is 17.7 Å². The molecule has 0 bridgehead atoms. The zero-order valence-corrected chi connectivity index (χ0v) is 9.27.